The molecule has 0 N–H and O–H groups in total. The van der Waals surface area contributed by atoms with Crippen LogP contribution in [0, 0.1) is 11.8 Å². The molecule has 3 nitrogen and oxygen atoms in total. The van der Waals surface area contributed by atoms with Crippen molar-refractivity contribution < 1.29 is 21.8 Å². The zero-order valence-electron chi connectivity index (χ0n) is 17.6. The third-order valence-electron chi connectivity index (χ3n) is 4.69. The van der Waals surface area contributed by atoms with E-state index in [4.69, 9.17) is 4.74 Å². The maximum atomic E-state index is 5.19. The Bertz CT molecular complexity index is 1140. The molecular weight excluding hydrogens is 436 g/mol. The average molecular weight is 458 g/mol. The van der Waals surface area contributed by atoms with Gasteiger partial charge in [-0.15, -0.1) is 6.20 Å². The predicted octanol–water partition coefficient (Wildman–Crippen LogP) is 6.52. The molecule has 0 saturated carbocycles. The smallest absolute Gasteiger partial charge is 0.595 e. The monoisotopic (exact) mass is 458 g/mol. The Hall–Kier alpha value is -3.77. The van der Waals surface area contributed by atoms with Crippen LogP contribution in [0.1, 0.15) is 5.56 Å². The number of anilines is 1. The fraction of sp³-hybridized carbons (Fsp3) is 0.0357. The number of hydrogen-bond donors (Lipinski definition) is 0. The standard InChI is InChI=1S/C23H17N2O.C5H5.Fe/c1-26-22-15-12-18(13-16-22)11-14-20-17-24-25(21-9-3-2-4-10-21)23(20)19-7-5-6-8-19;1-2-4-5-3-1;/h2-10,12-13,15-17H,1H3;1-5H;/q2*-1;+2. The second-order valence-electron chi connectivity index (χ2n) is 6.77. The fourth-order valence-corrected chi connectivity index (χ4v) is 3.15. The summed E-state index contributed by atoms with van der Waals surface area (Å²) in [5.74, 6) is 7.32. The Morgan fingerprint density at radius 3 is 2.12 bits per heavy atom. The summed E-state index contributed by atoms with van der Waals surface area (Å²) in [6.07, 6.45) is 10.0. The normalized spacial score (nSPS) is 13.3. The number of rotatable bonds is 2. The van der Waals surface area contributed by atoms with E-state index in [1.807, 2.05) is 108 Å². The van der Waals surface area contributed by atoms with Crippen LogP contribution in [0.25, 0.3) is 5.43 Å². The maximum Gasteiger partial charge on any atom is 2.00 e. The first-order valence-electron chi connectivity index (χ1n) is 10.0. The van der Waals surface area contributed by atoms with E-state index in [9.17, 15) is 0 Å². The van der Waals surface area contributed by atoms with Crippen molar-refractivity contribution in [3.8, 4) is 17.6 Å². The number of hydrogen-bond acceptors (Lipinski definition) is 2. The molecule has 0 amide bonds. The molecule has 3 aromatic carbocycles. The topological polar surface area (TPSA) is 26.6 Å². The van der Waals surface area contributed by atoms with Gasteiger partial charge in [-0.05, 0) is 42.0 Å². The number of benzene rings is 2. The van der Waals surface area contributed by atoms with Gasteiger partial charge in [-0.2, -0.15) is 18.2 Å². The maximum absolute atomic E-state index is 5.19. The van der Waals surface area contributed by atoms with Gasteiger partial charge in [0.2, 0.25) is 0 Å². The molecule has 0 bridgehead atoms. The Morgan fingerprint density at radius 1 is 0.844 bits per heavy atom. The molecule has 2 aliphatic rings. The zero-order chi connectivity index (χ0) is 21.3. The van der Waals surface area contributed by atoms with E-state index in [0.717, 1.165) is 33.8 Å². The molecule has 0 spiro atoms. The van der Waals surface area contributed by atoms with Crippen molar-refractivity contribution >= 4 is 5.69 Å². The molecule has 0 saturated heterocycles. The van der Waals surface area contributed by atoms with E-state index >= 15 is 0 Å². The van der Waals surface area contributed by atoms with Crippen LogP contribution >= 0.6 is 0 Å². The number of para-hydroxylation sites is 1. The summed E-state index contributed by atoms with van der Waals surface area (Å²) in [5.41, 5.74) is 9.53. The van der Waals surface area contributed by atoms with Crippen LogP contribution < -0.4 is 9.75 Å². The van der Waals surface area contributed by atoms with E-state index in [1.165, 1.54) is 0 Å². The van der Waals surface area contributed by atoms with Crippen molar-refractivity contribution in [3.63, 3.8) is 0 Å². The molecule has 4 heteroatoms. The van der Waals surface area contributed by atoms with E-state index < -0.39 is 0 Å². The van der Waals surface area contributed by atoms with Crippen molar-refractivity contribution in [3.05, 3.63) is 143 Å². The summed E-state index contributed by atoms with van der Waals surface area (Å²) < 4.78 is 5.19. The van der Waals surface area contributed by atoms with Crippen LogP contribution in [0.2, 0.25) is 0 Å². The predicted molar refractivity (Wildman–Crippen MR) is 128 cm³/mol. The molecule has 1 heterocycles. The Balaban J connectivity index is 0.000000427. The molecule has 1 aliphatic carbocycles. The van der Waals surface area contributed by atoms with Gasteiger partial charge in [0.1, 0.15) is 5.75 Å². The Labute approximate surface area is 200 Å². The van der Waals surface area contributed by atoms with Gasteiger partial charge in [0, 0.05) is 22.5 Å². The molecule has 0 unspecified atom stereocenters. The minimum atomic E-state index is 0. The second kappa shape index (κ2) is 11.6. The largest absolute Gasteiger partial charge is 2.00 e. The molecule has 3 aromatic rings. The summed E-state index contributed by atoms with van der Waals surface area (Å²) in [6, 6.07) is 27.8. The Morgan fingerprint density at radius 2 is 1.53 bits per heavy atom. The van der Waals surface area contributed by atoms with Crippen molar-refractivity contribution in [1.82, 2.24) is 0 Å². The summed E-state index contributed by atoms with van der Waals surface area (Å²) in [4.78, 5) is 0. The van der Waals surface area contributed by atoms with Crippen LogP contribution in [0.5, 0.6) is 5.75 Å². The number of allylic oxidation sites excluding steroid dienone is 6. The fourth-order valence-electron chi connectivity index (χ4n) is 3.15. The van der Waals surface area contributed by atoms with E-state index in [0.29, 0.717) is 0 Å². The van der Waals surface area contributed by atoms with Gasteiger partial charge in [0.25, 0.3) is 0 Å². The van der Waals surface area contributed by atoms with Crippen LogP contribution in [0.15, 0.2) is 132 Å². The third kappa shape index (κ3) is 5.68. The molecular formula is C28H22FeN2O. The number of ether oxygens (including phenoxy) is 1. The average Bonchev–Trinajstić information content (AvgIpc) is 3.61. The molecule has 0 atom stereocenters. The molecule has 158 valence electrons. The third-order valence-corrected chi connectivity index (χ3v) is 4.69. The molecule has 32 heavy (non-hydrogen) atoms. The first-order chi connectivity index (χ1) is 15.3. The van der Waals surface area contributed by atoms with E-state index in [1.54, 1.807) is 7.11 Å². The van der Waals surface area contributed by atoms with Crippen LogP contribution in [0.3, 0.4) is 0 Å². The van der Waals surface area contributed by atoms with Crippen molar-refractivity contribution in [2.45, 2.75) is 0 Å². The van der Waals surface area contributed by atoms with Crippen LogP contribution in [-0.2, 0) is 17.1 Å². The molecule has 0 aromatic heterocycles. The molecule has 0 radical (unpaired) electrons. The number of methoxy groups -OCH3 is 1. The van der Waals surface area contributed by atoms with Gasteiger partial charge in [0.05, 0.1) is 7.11 Å². The van der Waals surface area contributed by atoms with Gasteiger partial charge in [0.15, 0.2) is 0 Å². The van der Waals surface area contributed by atoms with Gasteiger partial charge >= 0.3 is 17.1 Å². The van der Waals surface area contributed by atoms with Crippen LogP contribution in [0.4, 0.5) is 5.69 Å². The minimum Gasteiger partial charge on any atom is -0.595 e. The van der Waals surface area contributed by atoms with Gasteiger partial charge in [-0.3, -0.25) is 0 Å². The summed E-state index contributed by atoms with van der Waals surface area (Å²) >= 11 is 0. The van der Waals surface area contributed by atoms with Gasteiger partial charge < -0.3 is 15.2 Å². The van der Waals surface area contributed by atoms with Gasteiger partial charge in [-0.25, -0.2) is 12.1 Å². The number of nitrogens with zero attached hydrogens (tertiary/aromatic N) is 2. The molecule has 1 aliphatic heterocycles. The Kier molecular flexibility index (Phi) is 8.29. The van der Waals surface area contributed by atoms with Gasteiger partial charge in [-0.1, -0.05) is 54.3 Å². The minimum absolute atomic E-state index is 0. The van der Waals surface area contributed by atoms with Crippen LogP contribution in [-0.4, -0.2) is 7.11 Å². The molecule has 0 fully saturated rings. The van der Waals surface area contributed by atoms with E-state index in [-0.39, 0.29) is 17.1 Å². The molecule has 5 rings (SSSR count). The first kappa shape index (κ1) is 22.9. The zero-order valence-corrected chi connectivity index (χ0v) is 18.7. The first-order valence-corrected chi connectivity index (χ1v) is 10.0. The van der Waals surface area contributed by atoms with Crippen molar-refractivity contribution in [2.75, 3.05) is 12.1 Å². The SMILES string of the molecule is COc1ccc(C#CC2=C[N-]N(c3ccccc3)C2=C2C=CC=C2)cc1.[Fe+2].c1cc[cH-]c1. The summed E-state index contributed by atoms with van der Waals surface area (Å²) in [7, 11) is 1.66. The van der Waals surface area contributed by atoms with Crippen molar-refractivity contribution in [2.24, 2.45) is 0 Å². The summed E-state index contributed by atoms with van der Waals surface area (Å²) in [6.45, 7) is 0. The summed E-state index contributed by atoms with van der Waals surface area (Å²) in [5, 5.41) is 1.94. The quantitative estimate of drug-likeness (QED) is 0.248. The van der Waals surface area contributed by atoms with E-state index in [2.05, 4.69) is 29.4 Å². The second-order valence-corrected chi connectivity index (χ2v) is 6.77. The van der Waals surface area contributed by atoms with Crippen molar-refractivity contribution in [1.29, 1.82) is 0 Å².